The molecule has 1 aromatic carbocycles. The van der Waals surface area contributed by atoms with Crippen molar-refractivity contribution >= 4 is 17.3 Å². The summed E-state index contributed by atoms with van der Waals surface area (Å²) < 4.78 is 1.92. The van der Waals surface area contributed by atoms with Crippen LogP contribution in [0.15, 0.2) is 53.1 Å². The van der Waals surface area contributed by atoms with Gasteiger partial charge in [-0.05, 0) is 23.1 Å². The van der Waals surface area contributed by atoms with Crippen LogP contribution in [0.4, 0.5) is 0 Å². The van der Waals surface area contributed by atoms with E-state index in [4.69, 9.17) is 0 Å². The average molecular weight is 383 g/mol. The Hall–Kier alpha value is -2.67. The van der Waals surface area contributed by atoms with Crippen molar-refractivity contribution < 1.29 is 0 Å². The van der Waals surface area contributed by atoms with Crippen LogP contribution in [0.3, 0.4) is 0 Å². The van der Waals surface area contributed by atoms with Crippen LogP contribution >= 0.6 is 11.3 Å². The van der Waals surface area contributed by atoms with Crippen LogP contribution in [0.5, 0.6) is 0 Å². The molecule has 0 aliphatic carbocycles. The molecule has 0 aliphatic rings. The maximum absolute atomic E-state index is 4.65. The molecule has 6 nitrogen and oxygen atoms in total. The second-order valence-electron chi connectivity index (χ2n) is 6.62. The van der Waals surface area contributed by atoms with E-state index in [1.165, 1.54) is 11.1 Å². The molecule has 0 fully saturated rings. The van der Waals surface area contributed by atoms with Crippen LogP contribution in [0.25, 0.3) is 0 Å². The highest BCUT2D eigenvalue weighted by atomic mass is 32.1. The van der Waals surface area contributed by atoms with E-state index in [1.54, 1.807) is 24.6 Å². The topological polar surface area (TPSA) is 67.1 Å². The molecule has 0 unspecified atom stereocenters. The lowest BCUT2D eigenvalue weighted by Crippen LogP contribution is -2.36. The molecule has 0 bridgehead atoms. The van der Waals surface area contributed by atoms with Crippen LogP contribution in [0.2, 0.25) is 0 Å². The fourth-order valence-electron chi connectivity index (χ4n) is 2.66. The van der Waals surface area contributed by atoms with Gasteiger partial charge in [0.1, 0.15) is 5.01 Å². The van der Waals surface area contributed by atoms with Gasteiger partial charge in [-0.2, -0.15) is 5.10 Å². The summed E-state index contributed by atoms with van der Waals surface area (Å²) in [6, 6.07) is 10.4. The van der Waals surface area contributed by atoms with Crippen molar-refractivity contribution in [2.24, 2.45) is 4.99 Å². The van der Waals surface area contributed by atoms with Crippen molar-refractivity contribution in [3.05, 3.63) is 69.9 Å². The number of hydrogen-bond donors (Lipinski definition) is 2. The van der Waals surface area contributed by atoms with Crippen LogP contribution in [-0.2, 0) is 19.6 Å². The summed E-state index contributed by atoms with van der Waals surface area (Å²) in [7, 11) is 1.78. The van der Waals surface area contributed by atoms with Gasteiger partial charge in [0.2, 0.25) is 0 Å². The number of aliphatic imine (C=N–C) groups is 1. The lowest BCUT2D eigenvalue weighted by atomic mass is 10.1. The van der Waals surface area contributed by atoms with Gasteiger partial charge >= 0.3 is 0 Å². The van der Waals surface area contributed by atoms with Crippen molar-refractivity contribution in [1.82, 2.24) is 25.4 Å². The minimum absolute atomic E-state index is 0.460. The first-order chi connectivity index (χ1) is 13.1. The van der Waals surface area contributed by atoms with Gasteiger partial charge in [0.05, 0.1) is 18.8 Å². The van der Waals surface area contributed by atoms with E-state index >= 15 is 0 Å². The van der Waals surface area contributed by atoms with Gasteiger partial charge in [0.25, 0.3) is 0 Å². The van der Waals surface area contributed by atoms with Gasteiger partial charge < -0.3 is 10.6 Å². The lowest BCUT2D eigenvalue weighted by molar-refractivity contribution is 0.685. The molecule has 2 heterocycles. The Morgan fingerprint density at radius 3 is 2.70 bits per heavy atom. The fourth-order valence-corrected chi connectivity index (χ4v) is 3.55. The van der Waals surface area contributed by atoms with E-state index in [-0.39, 0.29) is 0 Å². The Morgan fingerprint density at radius 1 is 1.19 bits per heavy atom. The van der Waals surface area contributed by atoms with Gasteiger partial charge in [-0.1, -0.05) is 38.1 Å². The molecule has 27 heavy (non-hydrogen) atoms. The normalized spacial score (nSPS) is 11.8. The maximum atomic E-state index is 4.65. The number of hydrogen-bond acceptors (Lipinski definition) is 4. The monoisotopic (exact) mass is 382 g/mol. The van der Waals surface area contributed by atoms with Crippen molar-refractivity contribution in [3.63, 3.8) is 0 Å². The summed E-state index contributed by atoms with van der Waals surface area (Å²) in [5, 5.41) is 14.2. The van der Waals surface area contributed by atoms with Gasteiger partial charge in [-0.3, -0.25) is 9.67 Å². The van der Waals surface area contributed by atoms with Crippen molar-refractivity contribution in [3.8, 4) is 0 Å². The van der Waals surface area contributed by atoms with Crippen molar-refractivity contribution in [1.29, 1.82) is 0 Å². The standard InChI is InChI=1S/C20H26N6S/c1-15(2)18-14-27-19(25-18)12-23-20(21-3)22-11-16-6-4-7-17(10-16)13-26-9-5-8-24-26/h4-10,14-15H,11-13H2,1-3H3,(H2,21,22,23). The first-order valence-electron chi connectivity index (χ1n) is 9.08. The summed E-state index contributed by atoms with van der Waals surface area (Å²) in [5.41, 5.74) is 3.58. The Balaban J connectivity index is 1.51. The average Bonchev–Trinajstić information content (AvgIpc) is 3.34. The molecule has 0 saturated heterocycles. The fraction of sp³-hybridized carbons (Fsp3) is 0.350. The predicted molar refractivity (Wildman–Crippen MR) is 111 cm³/mol. The Labute approximate surface area is 164 Å². The molecular formula is C20H26N6S. The highest BCUT2D eigenvalue weighted by Crippen LogP contribution is 2.17. The summed E-state index contributed by atoms with van der Waals surface area (Å²) in [4.78, 5) is 8.95. The van der Waals surface area contributed by atoms with Gasteiger partial charge in [-0.25, -0.2) is 4.98 Å². The minimum Gasteiger partial charge on any atom is -0.352 e. The van der Waals surface area contributed by atoms with E-state index < -0.39 is 0 Å². The summed E-state index contributed by atoms with van der Waals surface area (Å²) in [5.74, 6) is 1.23. The minimum atomic E-state index is 0.460. The second kappa shape index (κ2) is 9.32. The molecule has 2 N–H and O–H groups in total. The zero-order chi connectivity index (χ0) is 19.1. The molecule has 0 radical (unpaired) electrons. The maximum Gasteiger partial charge on any atom is 0.191 e. The van der Waals surface area contributed by atoms with Crippen LogP contribution in [0, 0.1) is 0 Å². The number of nitrogens with one attached hydrogen (secondary N) is 2. The first kappa shape index (κ1) is 19.1. The predicted octanol–water partition coefficient (Wildman–Crippen LogP) is 3.38. The number of thiazole rings is 1. The van der Waals surface area contributed by atoms with Crippen molar-refractivity contribution in [2.75, 3.05) is 7.05 Å². The number of nitrogens with zero attached hydrogens (tertiary/aromatic N) is 4. The quantitative estimate of drug-likeness (QED) is 0.486. The molecule has 0 atom stereocenters. The third-order valence-electron chi connectivity index (χ3n) is 4.15. The molecular weight excluding hydrogens is 356 g/mol. The SMILES string of the molecule is CN=C(NCc1cccc(Cn2cccn2)c1)NCc1nc(C(C)C)cs1. The molecule has 0 spiro atoms. The third-order valence-corrected chi connectivity index (χ3v) is 5.01. The third kappa shape index (κ3) is 5.65. The highest BCUT2D eigenvalue weighted by Gasteiger charge is 2.06. The lowest BCUT2D eigenvalue weighted by Gasteiger charge is -2.12. The molecule has 142 valence electrons. The largest absolute Gasteiger partial charge is 0.352 e. The highest BCUT2D eigenvalue weighted by molar-refractivity contribution is 7.09. The van der Waals surface area contributed by atoms with Crippen LogP contribution < -0.4 is 10.6 Å². The Morgan fingerprint density at radius 2 is 2.00 bits per heavy atom. The van der Waals surface area contributed by atoms with Crippen LogP contribution in [0.1, 0.15) is 41.6 Å². The zero-order valence-corrected chi connectivity index (χ0v) is 16.8. The molecule has 0 saturated carbocycles. The molecule has 3 rings (SSSR count). The van der Waals surface area contributed by atoms with Crippen molar-refractivity contribution in [2.45, 2.75) is 39.4 Å². The van der Waals surface area contributed by atoms with E-state index in [2.05, 4.69) is 69.2 Å². The first-order valence-corrected chi connectivity index (χ1v) is 9.96. The summed E-state index contributed by atoms with van der Waals surface area (Å²) in [6.45, 7) is 6.48. The van der Waals surface area contributed by atoms with Crippen LogP contribution in [-0.4, -0.2) is 27.8 Å². The van der Waals surface area contributed by atoms with E-state index in [0.717, 1.165) is 23.2 Å². The van der Waals surface area contributed by atoms with Gasteiger partial charge in [-0.15, -0.1) is 11.3 Å². The van der Waals surface area contributed by atoms with E-state index in [1.807, 2.05) is 16.9 Å². The van der Waals surface area contributed by atoms with Gasteiger partial charge in [0, 0.05) is 31.4 Å². The van der Waals surface area contributed by atoms with Gasteiger partial charge in [0.15, 0.2) is 5.96 Å². The molecule has 0 aliphatic heterocycles. The Kier molecular flexibility index (Phi) is 6.59. The number of rotatable bonds is 7. The number of aromatic nitrogens is 3. The summed E-state index contributed by atoms with van der Waals surface area (Å²) >= 11 is 1.68. The smallest absolute Gasteiger partial charge is 0.191 e. The summed E-state index contributed by atoms with van der Waals surface area (Å²) in [6.07, 6.45) is 3.77. The molecule has 7 heteroatoms. The molecule has 3 aromatic rings. The number of benzene rings is 1. The van der Waals surface area contributed by atoms with E-state index in [9.17, 15) is 0 Å². The molecule has 2 aromatic heterocycles. The van der Waals surface area contributed by atoms with E-state index in [0.29, 0.717) is 19.0 Å². The Bertz CT molecular complexity index is 866. The zero-order valence-electron chi connectivity index (χ0n) is 16.0. The number of guanidine groups is 1. The second-order valence-corrected chi connectivity index (χ2v) is 7.57. The molecule has 0 amide bonds.